The molecular formula is C16H27N3O2S. The van der Waals surface area contributed by atoms with Crippen molar-refractivity contribution in [3.63, 3.8) is 0 Å². The van der Waals surface area contributed by atoms with Crippen LogP contribution in [0.1, 0.15) is 19.3 Å². The van der Waals surface area contributed by atoms with Gasteiger partial charge in [-0.2, -0.15) is 0 Å². The standard InChI is InChI=1S/C16H27N3O2S/c1-17-22(20,21)13-7-11-18(2)16-10-6-12-19(14-16)15-8-4-3-5-9-15/h3-5,8-9,16-17H,6-7,10-14H2,1-2H3/t16-/m0/s1. The number of rotatable bonds is 7. The highest BCUT2D eigenvalue weighted by molar-refractivity contribution is 7.89. The summed E-state index contributed by atoms with van der Waals surface area (Å²) in [5.41, 5.74) is 1.28. The van der Waals surface area contributed by atoms with Gasteiger partial charge in [0.05, 0.1) is 5.75 Å². The minimum absolute atomic E-state index is 0.197. The molecule has 2 rings (SSSR count). The van der Waals surface area contributed by atoms with Crippen LogP contribution < -0.4 is 9.62 Å². The molecule has 0 spiro atoms. The van der Waals surface area contributed by atoms with Crippen LogP contribution in [0, 0.1) is 0 Å². The van der Waals surface area contributed by atoms with E-state index < -0.39 is 10.0 Å². The molecule has 1 aliphatic heterocycles. The summed E-state index contributed by atoms with van der Waals surface area (Å²) < 4.78 is 25.3. The molecule has 0 amide bonds. The fourth-order valence-corrected chi connectivity index (χ4v) is 3.69. The highest BCUT2D eigenvalue weighted by atomic mass is 32.2. The number of likely N-dealkylation sites (N-methyl/N-ethyl adjacent to an activating group) is 1. The minimum Gasteiger partial charge on any atom is -0.370 e. The van der Waals surface area contributed by atoms with Crippen molar-refractivity contribution in [1.29, 1.82) is 0 Å². The van der Waals surface area contributed by atoms with Crippen molar-refractivity contribution in [1.82, 2.24) is 9.62 Å². The predicted octanol–water partition coefficient (Wildman–Crippen LogP) is 1.53. The molecule has 1 saturated heterocycles. The zero-order chi connectivity index (χ0) is 16.0. The predicted molar refractivity (Wildman–Crippen MR) is 91.8 cm³/mol. The Balaban J connectivity index is 1.84. The number of hydrogen-bond donors (Lipinski definition) is 1. The number of anilines is 1. The van der Waals surface area contributed by atoms with E-state index in [1.54, 1.807) is 0 Å². The zero-order valence-electron chi connectivity index (χ0n) is 13.5. The lowest BCUT2D eigenvalue weighted by Gasteiger charge is -2.39. The average Bonchev–Trinajstić information content (AvgIpc) is 2.55. The van der Waals surface area contributed by atoms with Gasteiger partial charge in [-0.3, -0.25) is 0 Å². The lowest BCUT2D eigenvalue weighted by molar-refractivity contribution is 0.216. The molecule has 124 valence electrons. The van der Waals surface area contributed by atoms with E-state index in [1.165, 1.54) is 25.6 Å². The van der Waals surface area contributed by atoms with Gasteiger partial charge < -0.3 is 9.80 Å². The van der Waals surface area contributed by atoms with Crippen LogP contribution in [0.5, 0.6) is 0 Å². The SMILES string of the molecule is CNS(=O)(=O)CCCN(C)[C@H]1CCCN(c2ccccc2)C1. The van der Waals surface area contributed by atoms with Crippen LogP contribution in [0.2, 0.25) is 0 Å². The number of nitrogens with one attached hydrogen (secondary N) is 1. The van der Waals surface area contributed by atoms with Gasteiger partial charge >= 0.3 is 0 Å². The summed E-state index contributed by atoms with van der Waals surface area (Å²) in [6, 6.07) is 11.0. The summed E-state index contributed by atoms with van der Waals surface area (Å²) in [7, 11) is 0.486. The molecule has 5 nitrogen and oxygen atoms in total. The van der Waals surface area contributed by atoms with Crippen LogP contribution in [0.25, 0.3) is 0 Å². The van der Waals surface area contributed by atoms with E-state index >= 15 is 0 Å². The largest absolute Gasteiger partial charge is 0.370 e. The second kappa shape index (κ2) is 7.94. The zero-order valence-corrected chi connectivity index (χ0v) is 14.3. The summed E-state index contributed by atoms with van der Waals surface area (Å²) in [6.07, 6.45) is 3.03. The van der Waals surface area contributed by atoms with Crippen molar-refractivity contribution in [3.05, 3.63) is 30.3 Å². The number of para-hydroxylation sites is 1. The molecule has 22 heavy (non-hydrogen) atoms. The van der Waals surface area contributed by atoms with Crippen LogP contribution >= 0.6 is 0 Å². The molecule has 1 aliphatic rings. The van der Waals surface area contributed by atoms with Crippen molar-refractivity contribution < 1.29 is 8.42 Å². The second-order valence-corrected chi connectivity index (χ2v) is 7.98. The van der Waals surface area contributed by atoms with E-state index in [9.17, 15) is 8.42 Å². The van der Waals surface area contributed by atoms with Crippen molar-refractivity contribution >= 4 is 15.7 Å². The Morgan fingerprint density at radius 2 is 2.05 bits per heavy atom. The molecule has 0 saturated carbocycles. The average molecular weight is 325 g/mol. The van der Waals surface area contributed by atoms with Gasteiger partial charge in [0.2, 0.25) is 10.0 Å². The van der Waals surface area contributed by atoms with Gasteiger partial charge in [-0.15, -0.1) is 0 Å². The Morgan fingerprint density at radius 3 is 2.73 bits per heavy atom. The summed E-state index contributed by atoms with van der Waals surface area (Å²) in [4.78, 5) is 4.73. The van der Waals surface area contributed by atoms with Crippen LogP contribution in [0.15, 0.2) is 30.3 Å². The van der Waals surface area contributed by atoms with E-state index in [1.807, 2.05) is 6.07 Å². The first-order chi connectivity index (χ1) is 10.5. The quantitative estimate of drug-likeness (QED) is 0.826. The van der Waals surface area contributed by atoms with Gasteiger partial charge in [-0.05, 0) is 52.0 Å². The van der Waals surface area contributed by atoms with E-state index in [0.717, 1.165) is 19.6 Å². The molecule has 1 fully saturated rings. The summed E-state index contributed by atoms with van der Waals surface area (Å²) >= 11 is 0. The maximum Gasteiger partial charge on any atom is 0.211 e. The Morgan fingerprint density at radius 1 is 1.32 bits per heavy atom. The molecule has 1 aromatic carbocycles. The number of piperidine rings is 1. The van der Waals surface area contributed by atoms with E-state index in [0.29, 0.717) is 12.5 Å². The highest BCUT2D eigenvalue weighted by Crippen LogP contribution is 2.21. The normalized spacial score (nSPS) is 19.6. The van der Waals surface area contributed by atoms with Gasteiger partial charge in [0.25, 0.3) is 0 Å². The fourth-order valence-electron chi connectivity index (χ4n) is 2.98. The summed E-state index contributed by atoms with van der Waals surface area (Å²) in [5, 5.41) is 0. The Kier molecular flexibility index (Phi) is 6.23. The molecule has 0 bridgehead atoms. The van der Waals surface area contributed by atoms with E-state index in [-0.39, 0.29) is 5.75 Å². The monoisotopic (exact) mass is 325 g/mol. The second-order valence-electron chi connectivity index (χ2n) is 5.93. The fraction of sp³-hybridized carbons (Fsp3) is 0.625. The lowest BCUT2D eigenvalue weighted by atomic mass is 10.0. The van der Waals surface area contributed by atoms with Gasteiger partial charge in [-0.1, -0.05) is 18.2 Å². The van der Waals surface area contributed by atoms with E-state index in [2.05, 4.69) is 45.8 Å². The highest BCUT2D eigenvalue weighted by Gasteiger charge is 2.23. The molecular weight excluding hydrogens is 298 g/mol. The maximum absolute atomic E-state index is 11.5. The number of sulfonamides is 1. The number of benzene rings is 1. The Labute approximate surface area is 134 Å². The van der Waals surface area contributed by atoms with Gasteiger partial charge in [0.15, 0.2) is 0 Å². The van der Waals surface area contributed by atoms with Crippen molar-refractivity contribution in [2.24, 2.45) is 0 Å². The molecule has 1 aromatic rings. The lowest BCUT2D eigenvalue weighted by Crippen LogP contribution is -2.47. The van der Waals surface area contributed by atoms with Crippen LogP contribution in [-0.2, 0) is 10.0 Å². The van der Waals surface area contributed by atoms with Gasteiger partial charge in [-0.25, -0.2) is 13.1 Å². The van der Waals surface area contributed by atoms with Crippen molar-refractivity contribution in [3.8, 4) is 0 Å². The topological polar surface area (TPSA) is 52.7 Å². The maximum atomic E-state index is 11.5. The smallest absolute Gasteiger partial charge is 0.211 e. The van der Waals surface area contributed by atoms with Crippen LogP contribution in [0.4, 0.5) is 5.69 Å². The van der Waals surface area contributed by atoms with Crippen molar-refractivity contribution in [2.45, 2.75) is 25.3 Å². The Bertz CT molecular complexity index is 548. The van der Waals surface area contributed by atoms with Gasteiger partial charge in [0, 0.05) is 24.8 Å². The summed E-state index contributed by atoms with van der Waals surface area (Å²) in [6.45, 7) is 2.93. The van der Waals surface area contributed by atoms with Gasteiger partial charge in [0.1, 0.15) is 0 Å². The van der Waals surface area contributed by atoms with Crippen LogP contribution in [-0.4, -0.2) is 58.8 Å². The molecule has 0 radical (unpaired) electrons. The molecule has 0 unspecified atom stereocenters. The third-order valence-electron chi connectivity index (χ3n) is 4.38. The molecule has 1 atom stereocenters. The first-order valence-corrected chi connectivity index (χ1v) is 9.58. The van der Waals surface area contributed by atoms with Crippen molar-refractivity contribution in [2.75, 3.05) is 44.4 Å². The molecule has 6 heteroatoms. The van der Waals surface area contributed by atoms with Crippen LogP contribution in [0.3, 0.4) is 0 Å². The van der Waals surface area contributed by atoms with E-state index in [4.69, 9.17) is 0 Å². The first kappa shape index (κ1) is 17.2. The summed E-state index contributed by atoms with van der Waals surface area (Å²) in [5.74, 6) is 0.197. The first-order valence-electron chi connectivity index (χ1n) is 7.93. The number of hydrogen-bond acceptors (Lipinski definition) is 4. The minimum atomic E-state index is -3.09. The number of nitrogens with zero attached hydrogens (tertiary/aromatic N) is 2. The molecule has 1 heterocycles. The molecule has 0 aliphatic carbocycles. The molecule has 1 N–H and O–H groups in total. The third-order valence-corrected chi connectivity index (χ3v) is 5.82. The third kappa shape index (κ3) is 4.97. The molecule has 0 aromatic heterocycles. The Hall–Kier alpha value is -1.11.